The fourth-order valence-corrected chi connectivity index (χ4v) is 1.55. The topological polar surface area (TPSA) is 28.2 Å². The van der Waals surface area contributed by atoms with E-state index in [9.17, 15) is 13.2 Å². The lowest BCUT2D eigenvalue weighted by molar-refractivity contribution is -0.167. The molecule has 1 unspecified atom stereocenters. The van der Waals surface area contributed by atoms with E-state index in [0.717, 1.165) is 11.1 Å². The molecule has 0 aliphatic carbocycles. The Morgan fingerprint density at radius 2 is 2.12 bits per heavy atom. The van der Waals surface area contributed by atoms with Gasteiger partial charge in [-0.2, -0.15) is 13.2 Å². The Morgan fingerprint density at radius 1 is 1.38 bits per heavy atom. The van der Waals surface area contributed by atoms with Crippen molar-refractivity contribution in [1.29, 1.82) is 0 Å². The summed E-state index contributed by atoms with van der Waals surface area (Å²) >= 11 is 0. The molecule has 2 rings (SSSR count). The highest BCUT2D eigenvalue weighted by atomic mass is 19.4. The molecule has 16 heavy (non-hydrogen) atoms. The molecule has 0 aromatic carbocycles. The minimum absolute atomic E-state index is 0.380. The number of likely N-dealkylation sites (N-methyl/N-ethyl adjacent to an activating group) is 1. The van der Waals surface area contributed by atoms with Gasteiger partial charge >= 0.3 is 6.18 Å². The van der Waals surface area contributed by atoms with Gasteiger partial charge in [0.15, 0.2) is 0 Å². The van der Waals surface area contributed by atoms with Crippen LogP contribution in [0.3, 0.4) is 0 Å². The van der Waals surface area contributed by atoms with Gasteiger partial charge in [-0.05, 0) is 18.2 Å². The van der Waals surface area contributed by atoms with Gasteiger partial charge in [0.25, 0.3) is 0 Å². The minimum atomic E-state index is -4.28. The summed E-state index contributed by atoms with van der Waals surface area (Å²) in [5, 5.41) is 1.02. The van der Waals surface area contributed by atoms with Crippen molar-refractivity contribution in [2.24, 2.45) is 0 Å². The summed E-state index contributed by atoms with van der Waals surface area (Å²) < 4.78 is 37.7. The minimum Gasteiger partial charge on any atom is -0.316 e. The predicted molar refractivity (Wildman–Crippen MR) is 53.0 cm³/mol. The maximum Gasteiger partial charge on any atom is 0.409 e. The summed E-state index contributed by atoms with van der Waals surface area (Å²) in [7, 11) is 1.35. The second-order valence-corrected chi connectivity index (χ2v) is 3.50. The molecule has 1 aromatic heterocycles. The molecule has 0 amide bonds. The van der Waals surface area contributed by atoms with Crippen molar-refractivity contribution >= 4 is 5.70 Å². The van der Waals surface area contributed by atoms with Crippen molar-refractivity contribution in [3.63, 3.8) is 0 Å². The Balaban J connectivity index is 2.27. The highest BCUT2D eigenvalue weighted by Gasteiger charge is 2.44. The molecule has 0 radical (unpaired) electrons. The van der Waals surface area contributed by atoms with Gasteiger partial charge in [0, 0.05) is 13.2 Å². The summed E-state index contributed by atoms with van der Waals surface area (Å²) in [4.78, 5) is 3.99. The normalized spacial score (nSPS) is 21.8. The van der Waals surface area contributed by atoms with Crippen LogP contribution in [0.4, 0.5) is 13.2 Å². The van der Waals surface area contributed by atoms with Gasteiger partial charge in [0.2, 0.25) is 0 Å². The standard InChI is InChI=1S/C10H10F3N3/c1-16-9(10(11,12)13)6-8(15-16)7-4-2-3-5-14-7/h2-6,9,15H,1H3. The van der Waals surface area contributed by atoms with Crippen molar-refractivity contribution in [3.8, 4) is 0 Å². The van der Waals surface area contributed by atoms with Gasteiger partial charge in [0.1, 0.15) is 6.04 Å². The fraction of sp³-hybridized carbons (Fsp3) is 0.300. The van der Waals surface area contributed by atoms with Crippen molar-refractivity contribution in [1.82, 2.24) is 15.4 Å². The Bertz CT molecular complexity index is 400. The Kier molecular flexibility index (Phi) is 2.59. The summed E-state index contributed by atoms with van der Waals surface area (Å²) in [5.41, 5.74) is 3.52. The molecule has 1 N–H and O–H groups in total. The third kappa shape index (κ3) is 2.01. The lowest BCUT2D eigenvalue weighted by Crippen LogP contribution is -2.43. The van der Waals surface area contributed by atoms with Crippen LogP contribution in [0, 0.1) is 0 Å². The first kappa shape index (κ1) is 10.9. The van der Waals surface area contributed by atoms with Crippen LogP contribution >= 0.6 is 0 Å². The van der Waals surface area contributed by atoms with E-state index in [2.05, 4.69) is 10.4 Å². The number of nitrogens with one attached hydrogen (secondary N) is 1. The molecule has 1 aromatic rings. The number of alkyl halides is 3. The molecule has 3 nitrogen and oxygen atoms in total. The average molecular weight is 229 g/mol. The van der Waals surface area contributed by atoms with Gasteiger partial charge in [-0.15, -0.1) is 0 Å². The molecule has 86 valence electrons. The SMILES string of the molecule is CN1NC(c2ccccn2)=CC1C(F)(F)F. The largest absolute Gasteiger partial charge is 0.409 e. The van der Waals surface area contributed by atoms with E-state index in [4.69, 9.17) is 0 Å². The van der Waals surface area contributed by atoms with Crippen molar-refractivity contribution in [3.05, 3.63) is 36.2 Å². The highest BCUT2D eigenvalue weighted by molar-refractivity contribution is 5.63. The van der Waals surface area contributed by atoms with Gasteiger partial charge in [-0.25, -0.2) is 5.01 Å². The third-order valence-electron chi connectivity index (χ3n) is 2.31. The van der Waals surface area contributed by atoms with E-state index in [0.29, 0.717) is 11.4 Å². The third-order valence-corrected chi connectivity index (χ3v) is 2.31. The van der Waals surface area contributed by atoms with Crippen LogP contribution in [-0.2, 0) is 0 Å². The Hall–Kier alpha value is -1.56. The molecule has 1 aliphatic rings. The predicted octanol–water partition coefficient (Wildman–Crippen LogP) is 1.80. The van der Waals surface area contributed by atoms with E-state index in [1.165, 1.54) is 7.05 Å². The van der Waals surface area contributed by atoms with Gasteiger partial charge < -0.3 is 5.43 Å². The highest BCUT2D eigenvalue weighted by Crippen LogP contribution is 2.30. The fourth-order valence-electron chi connectivity index (χ4n) is 1.55. The van der Waals surface area contributed by atoms with Crippen molar-refractivity contribution < 1.29 is 13.2 Å². The number of aromatic nitrogens is 1. The molecule has 0 saturated heterocycles. The lowest BCUT2D eigenvalue weighted by Gasteiger charge is -2.21. The zero-order valence-electron chi connectivity index (χ0n) is 8.49. The molecule has 0 spiro atoms. The second-order valence-electron chi connectivity index (χ2n) is 3.50. The molecule has 0 fully saturated rings. The van der Waals surface area contributed by atoms with E-state index in [-0.39, 0.29) is 0 Å². The summed E-state index contributed by atoms with van der Waals surface area (Å²) in [6, 6.07) is 3.49. The molecule has 1 atom stereocenters. The number of rotatable bonds is 1. The molecule has 6 heteroatoms. The molecule has 2 heterocycles. The second kappa shape index (κ2) is 3.79. The van der Waals surface area contributed by atoms with Crippen LogP contribution in [-0.4, -0.2) is 29.3 Å². The maximum absolute atomic E-state index is 12.6. The maximum atomic E-state index is 12.6. The van der Waals surface area contributed by atoms with E-state index >= 15 is 0 Å². The number of halogens is 3. The van der Waals surface area contributed by atoms with E-state index in [1.807, 2.05) is 0 Å². The first-order chi connectivity index (χ1) is 7.48. The first-order valence-corrected chi connectivity index (χ1v) is 4.68. The summed E-state index contributed by atoms with van der Waals surface area (Å²) in [6.45, 7) is 0. The zero-order valence-corrected chi connectivity index (χ0v) is 8.49. The lowest BCUT2D eigenvalue weighted by atomic mass is 10.2. The molecular weight excluding hydrogens is 219 g/mol. The van der Waals surface area contributed by atoms with Crippen LogP contribution in [0.25, 0.3) is 5.70 Å². The first-order valence-electron chi connectivity index (χ1n) is 4.68. The molecule has 1 aliphatic heterocycles. The average Bonchev–Trinajstić information content (AvgIpc) is 2.61. The van der Waals surface area contributed by atoms with Gasteiger partial charge in [0.05, 0.1) is 11.4 Å². The van der Waals surface area contributed by atoms with Crippen LogP contribution in [0.15, 0.2) is 30.5 Å². The van der Waals surface area contributed by atoms with Crippen LogP contribution < -0.4 is 5.43 Å². The Morgan fingerprint density at radius 3 is 2.62 bits per heavy atom. The van der Waals surface area contributed by atoms with Gasteiger partial charge in [-0.1, -0.05) is 6.07 Å². The van der Waals surface area contributed by atoms with Crippen LogP contribution in [0.2, 0.25) is 0 Å². The smallest absolute Gasteiger partial charge is 0.316 e. The molecule has 0 saturated carbocycles. The van der Waals surface area contributed by atoms with Crippen LogP contribution in [0.5, 0.6) is 0 Å². The number of pyridine rings is 1. The number of hydrogen-bond acceptors (Lipinski definition) is 3. The monoisotopic (exact) mass is 229 g/mol. The van der Waals surface area contributed by atoms with E-state index < -0.39 is 12.2 Å². The number of hydrazine groups is 1. The van der Waals surface area contributed by atoms with E-state index in [1.54, 1.807) is 24.4 Å². The number of hydrogen-bond donors (Lipinski definition) is 1. The molecule has 0 bridgehead atoms. The Labute approximate surface area is 90.6 Å². The zero-order chi connectivity index (χ0) is 11.8. The summed E-state index contributed by atoms with van der Waals surface area (Å²) in [5.74, 6) is 0. The van der Waals surface area contributed by atoms with Crippen molar-refractivity contribution in [2.45, 2.75) is 12.2 Å². The quantitative estimate of drug-likeness (QED) is 0.796. The van der Waals surface area contributed by atoms with Crippen molar-refractivity contribution in [2.75, 3.05) is 7.05 Å². The van der Waals surface area contributed by atoms with Crippen LogP contribution in [0.1, 0.15) is 5.69 Å². The van der Waals surface area contributed by atoms with Gasteiger partial charge in [-0.3, -0.25) is 4.98 Å². The number of nitrogens with zero attached hydrogens (tertiary/aromatic N) is 2. The molecular formula is C10H10F3N3. The summed E-state index contributed by atoms with van der Waals surface area (Å²) in [6.07, 6.45) is -1.61.